The van der Waals surface area contributed by atoms with E-state index in [9.17, 15) is 17.6 Å². The average Bonchev–Trinajstić information content (AvgIpc) is 2.15. The van der Waals surface area contributed by atoms with Gasteiger partial charge in [-0.15, -0.1) is 0 Å². The zero-order valence-electron chi connectivity index (χ0n) is 7.35. The maximum absolute atomic E-state index is 12.7. The zero-order chi connectivity index (χ0) is 11.1. The minimum absolute atomic E-state index is 0.131. The topological polar surface area (TPSA) is 12.9 Å². The molecule has 0 amide bonds. The van der Waals surface area contributed by atoms with Gasteiger partial charge in [-0.25, -0.2) is 9.37 Å². The van der Waals surface area contributed by atoms with Gasteiger partial charge in [0.05, 0.1) is 5.52 Å². The number of aromatic nitrogens is 1. The van der Waals surface area contributed by atoms with Crippen LogP contribution in [0.3, 0.4) is 0 Å². The van der Waals surface area contributed by atoms with Crippen LogP contribution >= 0.6 is 0 Å². The third kappa shape index (κ3) is 1.91. The highest BCUT2D eigenvalue weighted by molar-refractivity contribution is 5.78. The molecule has 0 radical (unpaired) electrons. The highest BCUT2D eigenvalue weighted by Crippen LogP contribution is 2.28. The molecule has 0 unspecified atom stereocenters. The summed E-state index contributed by atoms with van der Waals surface area (Å²) in [7, 11) is 0. The summed E-state index contributed by atoms with van der Waals surface area (Å²) >= 11 is 0. The fraction of sp³-hybridized carbons (Fsp3) is 0.100. The molecule has 1 aromatic heterocycles. The minimum Gasteiger partial charge on any atom is -0.243 e. The molecule has 1 nitrogen and oxygen atoms in total. The maximum Gasteiger partial charge on any atom is 0.433 e. The van der Waals surface area contributed by atoms with Crippen LogP contribution in [0.15, 0.2) is 30.3 Å². The van der Waals surface area contributed by atoms with Gasteiger partial charge >= 0.3 is 6.18 Å². The van der Waals surface area contributed by atoms with Crippen molar-refractivity contribution < 1.29 is 17.6 Å². The molecule has 0 aliphatic carbocycles. The second-order valence-corrected chi connectivity index (χ2v) is 3.03. The van der Waals surface area contributed by atoms with Crippen LogP contribution < -0.4 is 0 Å². The van der Waals surface area contributed by atoms with Crippen LogP contribution in [-0.2, 0) is 6.18 Å². The molecule has 15 heavy (non-hydrogen) atoms. The van der Waals surface area contributed by atoms with E-state index in [-0.39, 0.29) is 5.52 Å². The average molecular weight is 215 g/mol. The molecule has 78 valence electrons. The Morgan fingerprint density at radius 2 is 1.73 bits per heavy atom. The fourth-order valence-electron chi connectivity index (χ4n) is 1.25. The van der Waals surface area contributed by atoms with Crippen LogP contribution in [0.4, 0.5) is 17.6 Å². The number of hydrogen-bond donors (Lipinski definition) is 0. The summed E-state index contributed by atoms with van der Waals surface area (Å²) in [5, 5.41) is 0.350. The van der Waals surface area contributed by atoms with E-state index in [1.54, 1.807) is 0 Å². The number of halogens is 4. The molecule has 0 bridgehead atoms. The molecule has 2 aromatic rings. The summed E-state index contributed by atoms with van der Waals surface area (Å²) in [6.07, 6.45) is -4.47. The Bertz CT molecular complexity index is 504. The van der Waals surface area contributed by atoms with Gasteiger partial charge in [0.2, 0.25) is 0 Å². The van der Waals surface area contributed by atoms with Gasteiger partial charge in [0.15, 0.2) is 0 Å². The summed E-state index contributed by atoms with van der Waals surface area (Å²) in [6, 6.07) is 5.48. The normalized spacial score (nSPS) is 12.0. The second kappa shape index (κ2) is 3.18. The predicted octanol–water partition coefficient (Wildman–Crippen LogP) is 3.39. The van der Waals surface area contributed by atoms with Gasteiger partial charge in [-0.2, -0.15) is 13.2 Å². The van der Waals surface area contributed by atoms with E-state index in [4.69, 9.17) is 0 Å². The first-order valence-corrected chi connectivity index (χ1v) is 4.10. The summed E-state index contributed by atoms with van der Waals surface area (Å²) in [4.78, 5) is 3.40. The van der Waals surface area contributed by atoms with Gasteiger partial charge in [-0.3, -0.25) is 0 Å². The highest BCUT2D eigenvalue weighted by atomic mass is 19.4. The molecule has 1 aromatic carbocycles. The lowest BCUT2D eigenvalue weighted by Gasteiger charge is -2.06. The number of fused-ring (bicyclic) bond motifs is 1. The van der Waals surface area contributed by atoms with Gasteiger partial charge in [-0.05, 0) is 24.3 Å². The standard InChI is InChI=1S/C10H5F4N/c11-7-2-3-8-6(5-7)1-4-9(15-8)10(12,13)14/h1-5H. The van der Waals surface area contributed by atoms with Crippen LogP contribution in [0.1, 0.15) is 5.69 Å². The number of alkyl halides is 3. The first-order chi connectivity index (χ1) is 6.97. The Morgan fingerprint density at radius 3 is 2.40 bits per heavy atom. The molecule has 0 N–H and O–H groups in total. The Balaban J connectivity index is 2.62. The van der Waals surface area contributed by atoms with Crippen LogP contribution in [0.2, 0.25) is 0 Å². The van der Waals surface area contributed by atoms with Gasteiger partial charge in [0.1, 0.15) is 11.5 Å². The monoisotopic (exact) mass is 215 g/mol. The lowest BCUT2D eigenvalue weighted by Crippen LogP contribution is -2.07. The molecule has 2 rings (SSSR count). The molecule has 0 aliphatic rings. The largest absolute Gasteiger partial charge is 0.433 e. The molecule has 0 saturated heterocycles. The number of hydrogen-bond acceptors (Lipinski definition) is 1. The predicted molar refractivity (Wildman–Crippen MR) is 46.7 cm³/mol. The van der Waals surface area contributed by atoms with Gasteiger partial charge in [0, 0.05) is 5.39 Å². The minimum atomic E-state index is -4.47. The van der Waals surface area contributed by atoms with Crippen molar-refractivity contribution in [3.05, 3.63) is 41.8 Å². The number of rotatable bonds is 0. The molecule has 0 spiro atoms. The van der Waals surface area contributed by atoms with E-state index in [1.807, 2.05) is 0 Å². The molecule has 5 heteroatoms. The fourth-order valence-corrected chi connectivity index (χ4v) is 1.25. The molecule has 0 fully saturated rings. The van der Waals surface area contributed by atoms with Crippen molar-refractivity contribution in [3.8, 4) is 0 Å². The Morgan fingerprint density at radius 1 is 1.00 bits per heavy atom. The number of nitrogens with zero attached hydrogens (tertiary/aromatic N) is 1. The molecular weight excluding hydrogens is 210 g/mol. The van der Waals surface area contributed by atoms with Crippen molar-refractivity contribution in [1.29, 1.82) is 0 Å². The van der Waals surface area contributed by atoms with Gasteiger partial charge in [0.25, 0.3) is 0 Å². The highest BCUT2D eigenvalue weighted by Gasteiger charge is 2.32. The number of pyridine rings is 1. The lowest BCUT2D eigenvalue weighted by molar-refractivity contribution is -0.140. The summed E-state index contributed by atoms with van der Waals surface area (Å²) < 4.78 is 49.5. The maximum atomic E-state index is 12.7. The number of benzene rings is 1. The second-order valence-electron chi connectivity index (χ2n) is 3.03. The van der Waals surface area contributed by atoms with E-state index in [2.05, 4.69) is 4.98 Å². The SMILES string of the molecule is Fc1ccc2nc(C(F)(F)F)ccc2c1. The van der Waals surface area contributed by atoms with Crippen molar-refractivity contribution in [2.75, 3.05) is 0 Å². The van der Waals surface area contributed by atoms with Crippen molar-refractivity contribution in [3.63, 3.8) is 0 Å². The van der Waals surface area contributed by atoms with E-state index in [1.165, 1.54) is 12.1 Å². The Hall–Kier alpha value is -1.65. The van der Waals surface area contributed by atoms with E-state index >= 15 is 0 Å². The first-order valence-electron chi connectivity index (χ1n) is 4.10. The van der Waals surface area contributed by atoms with Crippen molar-refractivity contribution in [1.82, 2.24) is 4.98 Å². The molecule has 0 saturated carbocycles. The lowest BCUT2D eigenvalue weighted by atomic mass is 10.2. The summed E-state index contributed by atoms with van der Waals surface area (Å²) in [5.41, 5.74) is -0.840. The third-order valence-electron chi connectivity index (χ3n) is 1.94. The van der Waals surface area contributed by atoms with Crippen molar-refractivity contribution in [2.24, 2.45) is 0 Å². The van der Waals surface area contributed by atoms with Crippen LogP contribution in [0, 0.1) is 5.82 Å². The first kappa shape index (κ1) is 9.89. The zero-order valence-corrected chi connectivity index (χ0v) is 7.35. The molecule has 0 aliphatic heterocycles. The summed E-state index contributed by atoms with van der Waals surface area (Å²) in [6.45, 7) is 0. The van der Waals surface area contributed by atoms with E-state index < -0.39 is 17.7 Å². The van der Waals surface area contributed by atoms with E-state index in [0.717, 1.165) is 18.2 Å². The van der Waals surface area contributed by atoms with E-state index in [0.29, 0.717) is 5.39 Å². The third-order valence-corrected chi connectivity index (χ3v) is 1.94. The molecule has 1 heterocycles. The van der Waals surface area contributed by atoms with Crippen molar-refractivity contribution in [2.45, 2.75) is 6.18 Å². The molecule has 0 atom stereocenters. The Labute approximate surface area is 82.4 Å². The smallest absolute Gasteiger partial charge is 0.243 e. The van der Waals surface area contributed by atoms with Crippen LogP contribution in [-0.4, -0.2) is 4.98 Å². The van der Waals surface area contributed by atoms with Crippen LogP contribution in [0.5, 0.6) is 0 Å². The van der Waals surface area contributed by atoms with Gasteiger partial charge < -0.3 is 0 Å². The van der Waals surface area contributed by atoms with Gasteiger partial charge in [-0.1, -0.05) is 6.07 Å². The van der Waals surface area contributed by atoms with Crippen molar-refractivity contribution >= 4 is 10.9 Å². The summed E-state index contributed by atoms with van der Waals surface area (Å²) in [5.74, 6) is -0.496. The van der Waals surface area contributed by atoms with Crippen LogP contribution in [0.25, 0.3) is 10.9 Å². The quantitative estimate of drug-likeness (QED) is 0.614. The molecular formula is C10H5F4N. The Kier molecular flexibility index (Phi) is 2.10.